The van der Waals surface area contributed by atoms with Crippen molar-refractivity contribution in [1.82, 2.24) is 9.88 Å². The molecule has 1 saturated heterocycles. The van der Waals surface area contributed by atoms with Crippen molar-refractivity contribution in [2.75, 3.05) is 32.0 Å². The molecule has 110 valence electrons. The summed E-state index contributed by atoms with van der Waals surface area (Å²) in [6.07, 6.45) is 6.31. The molecule has 1 aromatic heterocycles. The Kier molecular flexibility index (Phi) is 5.31. The summed E-state index contributed by atoms with van der Waals surface area (Å²) < 4.78 is 0.634. The number of pyridine rings is 1. The summed E-state index contributed by atoms with van der Waals surface area (Å²) in [7, 11) is 2.14. The van der Waals surface area contributed by atoms with E-state index in [0.717, 1.165) is 26.1 Å². The van der Waals surface area contributed by atoms with Gasteiger partial charge in [0.05, 0.1) is 9.40 Å². The highest BCUT2D eigenvalue weighted by Crippen LogP contribution is 2.31. The Morgan fingerprint density at radius 3 is 2.85 bits per heavy atom. The SMILES string of the molecule is CN1CCC(CCNc2c(Br)cncc2[N+](=O)[O-])CC1. The summed E-state index contributed by atoms with van der Waals surface area (Å²) in [4.78, 5) is 16.7. The van der Waals surface area contributed by atoms with Crippen molar-refractivity contribution in [3.8, 4) is 0 Å². The van der Waals surface area contributed by atoms with Crippen LogP contribution in [0.4, 0.5) is 11.4 Å². The quantitative estimate of drug-likeness (QED) is 0.657. The number of likely N-dealkylation sites (tertiary alicyclic amines) is 1. The third-order valence-corrected chi connectivity index (χ3v) is 4.37. The van der Waals surface area contributed by atoms with Crippen LogP contribution in [0.25, 0.3) is 0 Å². The molecule has 2 heterocycles. The third kappa shape index (κ3) is 3.89. The second-order valence-electron chi connectivity index (χ2n) is 5.23. The summed E-state index contributed by atoms with van der Waals surface area (Å²) in [6, 6.07) is 0. The molecule has 2 rings (SSSR count). The lowest BCUT2D eigenvalue weighted by Gasteiger charge is -2.29. The maximum atomic E-state index is 11.0. The molecule has 0 unspecified atom stereocenters. The highest BCUT2D eigenvalue weighted by atomic mass is 79.9. The van der Waals surface area contributed by atoms with Gasteiger partial charge in [-0.05, 0) is 61.2 Å². The predicted octanol–water partition coefficient (Wildman–Crippen LogP) is 2.90. The molecule has 1 N–H and O–H groups in total. The van der Waals surface area contributed by atoms with Crippen LogP contribution in [-0.2, 0) is 0 Å². The fourth-order valence-electron chi connectivity index (χ4n) is 2.49. The zero-order valence-electron chi connectivity index (χ0n) is 11.5. The molecular weight excluding hydrogens is 324 g/mol. The maximum absolute atomic E-state index is 11.0. The van der Waals surface area contributed by atoms with Crippen molar-refractivity contribution in [1.29, 1.82) is 0 Å². The molecule has 6 nitrogen and oxygen atoms in total. The minimum Gasteiger partial charge on any atom is -0.378 e. The Morgan fingerprint density at radius 1 is 1.50 bits per heavy atom. The lowest BCUT2D eigenvalue weighted by atomic mass is 9.94. The second-order valence-corrected chi connectivity index (χ2v) is 6.09. The molecule has 1 fully saturated rings. The first kappa shape index (κ1) is 15.2. The standard InChI is InChI=1S/C13H19BrN4O2/c1-17-6-3-10(4-7-17)2-5-16-13-11(14)8-15-9-12(13)18(19)20/h8-10H,2-7H2,1H3,(H,15,16). The van der Waals surface area contributed by atoms with Gasteiger partial charge in [0.15, 0.2) is 0 Å². The van der Waals surface area contributed by atoms with Gasteiger partial charge >= 0.3 is 5.69 Å². The fourth-order valence-corrected chi connectivity index (χ4v) is 2.95. The summed E-state index contributed by atoms with van der Waals surface area (Å²) >= 11 is 3.31. The first-order chi connectivity index (χ1) is 9.58. The van der Waals surface area contributed by atoms with Crippen LogP contribution in [0.2, 0.25) is 0 Å². The molecule has 7 heteroatoms. The van der Waals surface area contributed by atoms with Crippen LogP contribution in [0.1, 0.15) is 19.3 Å². The number of aromatic nitrogens is 1. The molecule has 0 aromatic carbocycles. The molecule has 0 aliphatic carbocycles. The van der Waals surface area contributed by atoms with E-state index in [4.69, 9.17) is 0 Å². The Labute approximate surface area is 126 Å². The van der Waals surface area contributed by atoms with Crippen molar-refractivity contribution in [2.45, 2.75) is 19.3 Å². The van der Waals surface area contributed by atoms with E-state index in [1.807, 2.05) is 0 Å². The minimum atomic E-state index is -0.407. The van der Waals surface area contributed by atoms with E-state index in [-0.39, 0.29) is 5.69 Å². The molecule has 20 heavy (non-hydrogen) atoms. The van der Waals surface area contributed by atoms with E-state index in [9.17, 15) is 10.1 Å². The average molecular weight is 343 g/mol. The molecule has 0 spiro atoms. The average Bonchev–Trinajstić information content (AvgIpc) is 2.42. The number of piperidine rings is 1. The molecule has 0 atom stereocenters. The summed E-state index contributed by atoms with van der Waals surface area (Å²) in [6.45, 7) is 3.03. The van der Waals surface area contributed by atoms with Gasteiger partial charge < -0.3 is 10.2 Å². The summed E-state index contributed by atoms with van der Waals surface area (Å²) in [5.41, 5.74) is 0.542. The van der Waals surface area contributed by atoms with Crippen LogP contribution in [0.5, 0.6) is 0 Å². The topological polar surface area (TPSA) is 71.3 Å². The predicted molar refractivity (Wildman–Crippen MR) is 81.9 cm³/mol. The number of hydrogen-bond acceptors (Lipinski definition) is 5. The van der Waals surface area contributed by atoms with Gasteiger partial charge in [-0.2, -0.15) is 0 Å². The normalized spacial score (nSPS) is 17.1. The molecule has 0 bridgehead atoms. The van der Waals surface area contributed by atoms with E-state index >= 15 is 0 Å². The molecule has 0 saturated carbocycles. The number of nitrogens with one attached hydrogen (secondary N) is 1. The largest absolute Gasteiger partial charge is 0.378 e. The molecule has 1 aliphatic rings. The van der Waals surface area contributed by atoms with Gasteiger partial charge in [0.1, 0.15) is 11.9 Å². The lowest BCUT2D eigenvalue weighted by Crippen LogP contribution is -2.30. The van der Waals surface area contributed by atoms with Gasteiger partial charge in [-0.3, -0.25) is 15.1 Å². The van der Waals surface area contributed by atoms with Gasteiger partial charge in [0, 0.05) is 12.7 Å². The van der Waals surface area contributed by atoms with Gasteiger partial charge in [0.2, 0.25) is 0 Å². The summed E-state index contributed by atoms with van der Waals surface area (Å²) in [5, 5.41) is 14.2. The molecule has 1 aliphatic heterocycles. The number of nitrogens with zero attached hydrogens (tertiary/aromatic N) is 3. The monoisotopic (exact) mass is 342 g/mol. The highest BCUT2D eigenvalue weighted by molar-refractivity contribution is 9.10. The molecule has 1 aromatic rings. The zero-order chi connectivity index (χ0) is 14.5. The number of hydrogen-bond donors (Lipinski definition) is 1. The minimum absolute atomic E-state index is 0.0164. The Morgan fingerprint density at radius 2 is 2.20 bits per heavy atom. The van der Waals surface area contributed by atoms with Crippen molar-refractivity contribution in [3.05, 3.63) is 27.0 Å². The lowest BCUT2D eigenvalue weighted by molar-refractivity contribution is -0.384. The smallest absolute Gasteiger partial charge is 0.311 e. The van der Waals surface area contributed by atoms with E-state index < -0.39 is 4.92 Å². The number of nitro groups is 1. The Hall–Kier alpha value is -1.21. The third-order valence-electron chi connectivity index (χ3n) is 3.77. The number of rotatable bonds is 5. The molecule has 0 radical (unpaired) electrons. The van der Waals surface area contributed by atoms with Crippen molar-refractivity contribution < 1.29 is 4.92 Å². The Bertz CT molecular complexity index is 475. The van der Waals surface area contributed by atoms with Gasteiger partial charge in [-0.15, -0.1) is 0 Å². The highest BCUT2D eigenvalue weighted by Gasteiger charge is 2.19. The maximum Gasteiger partial charge on any atom is 0.311 e. The van der Waals surface area contributed by atoms with Crippen LogP contribution in [0.15, 0.2) is 16.9 Å². The van der Waals surface area contributed by atoms with Crippen LogP contribution in [0.3, 0.4) is 0 Å². The Balaban J connectivity index is 1.89. The van der Waals surface area contributed by atoms with E-state index in [2.05, 4.69) is 38.2 Å². The first-order valence-electron chi connectivity index (χ1n) is 6.78. The van der Waals surface area contributed by atoms with Crippen molar-refractivity contribution >= 4 is 27.3 Å². The van der Waals surface area contributed by atoms with Crippen LogP contribution < -0.4 is 5.32 Å². The molecular formula is C13H19BrN4O2. The van der Waals surface area contributed by atoms with Crippen LogP contribution >= 0.6 is 15.9 Å². The van der Waals surface area contributed by atoms with Crippen LogP contribution in [-0.4, -0.2) is 41.5 Å². The zero-order valence-corrected chi connectivity index (χ0v) is 13.1. The molecule has 0 amide bonds. The fraction of sp³-hybridized carbons (Fsp3) is 0.615. The summed E-state index contributed by atoms with van der Waals surface area (Å²) in [5.74, 6) is 0.707. The van der Waals surface area contributed by atoms with E-state index in [1.54, 1.807) is 6.20 Å². The number of halogens is 1. The van der Waals surface area contributed by atoms with E-state index in [1.165, 1.54) is 19.0 Å². The van der Waals surface area contributed by atoms with Gasteiger partial charge in [-0.25, -0.2) is 0 Å². The second kappa shape index (κ2) is 6.99. The van der Waals surface area contributed by atoms with Gasteiger partial charge in [-0.1, -0.05) is 0 Å². The number of anilines is 1. The van der Waals surface area contributed by atoms with Gasteiger partial charge in [0.25, 0.3) is 0 Å². The first-order valence-corrected chi connectivity index (χ1v) is 7.57. The van der Waals surface area contributed by atoms with Crippen molar-refractivity contribution in [2.24, 2.45) is 5.92 Å². The van der Waals surface area contributed by atoms with Crippen LogP contribution in [0, 0.1) is 16.0 Å². The van der Waals surface area contributed by atoms with E-state index in [0.29, 0.717) is 16.1 Å². The van der Waals surface area contributed by atoms with Crippen molar-refractivity contribution in [3.63, 3.8) is 0 Å².